The van der Waals surface area contributed by atoms with Crippen LogP contribution in [0.5, 0.6) is 0 Å². The van der Waals surface area contributed by atoms with Crippen LogP contribution < -0.4 is 5.32 Å². The van der Waals surface area contributed by atoms with E-state index in [9.17, 15) is 14.7 Å². The number of carboxylic acids is 1. The molecule has 1 amide bonds. The van der Waals surface area contributed by atoms with E-state index in [-0.39, 0.29) is 5.91 Å². The summed E-state index contributed by atoms with van der Waals surface area (Å²) in [6.07, 6.45) is 0. The average molecular weight is 333 g/mol. The SMILES string of the molecule is COCc1ccsc1C(=O)Nc1ccc(C(C)(C)C(=O)O)cc1. The van der Waals surface area contributed by atoms with Crippen molar-refractivity contribution in [2.45, 2.75) is 25.9 Å². The standard InChI is InChI=1S/C17H19NO4S/c1-17(2,16(20)21)12-4-6-13(7-5-12)18-15(19)14-11(10-22-3)8-9-23-14/h4-9H,10H2,1-3H3,(H,18,19)(H,20,21). The molecule has 6 heteroatoms. The number of hydrogen-bond acceptors (Lipinski definition) is 4. The molecule has 0 aliphatic carbocycles. The number of ether oxygens (including phenoxy) is 1. The number of nitrogens with one attached hydrogen (secondary N) is 1. The molecule has 23 heavy (non-hydrogen) atoms. The third kappa shape index (κ3) is 3.78. The predicted molar refractivity (Wildman–Crippen MR) is 90.1 cm³/mol. The van der Waals surface area contributed by atoms with Crippen molar-refractivity contribution < 1.29 is 19.4 Å². The van der Waals surface area contributed by atoms with Gasteiger partial charge in [0.05, 0.1) is 16.9 Å². The molecule has 0 saturated heterocycles. The van der Waals surface area contributed by atoms with Crippen LogP contribution in [-0.2, 0) is 21.6 Å². The highest BCUT2D eigenvalue weighted by Gasteiger charge is 2.29. The van der Waals surface area contributed by atoms with Crippen LogP contribution in [0.3, 0.4) is 0 Å². The zero-order valence-electron chi connectivity index (χ0n) is 13.3. The van der Waals surface area contributed by atoms with Gasteiger partial charge in [0.2, 0.25) is 0 Å². The minimum atomic E-state index is -0.970. The Morgan fingerprint density at radius 3 is 2.43 bits per heavy atom. The van der Waals surface area contributed by atoms with Crippen LogP contribution in [0.25, 0.3) is 0 Å². The molecule has 1 aromatic heterocycles. The maximum Gasteiger partial charge on any atom is 0.313 e. The first-order chi connectivity index (χ1) is 10.9. The van der Waals surface area contributed by atoms with Crippen molar-refractivity contribution in [2.75, 3.05) is 12.4 Å². The molecular formula is C17H19NO4S. The highest BCUT2D eigenvalue weighted by molar-refractivity contribution is 7.12. The lowest BCUT2D eigenvalue weighted by Gasteiger charge is -2.19. The number of carboxylic acid groups (broad SMARTS) is 1. The van der Waals surface area contributed by atoms with Crippen LogP contribution in [0.4, 0.5) is 5.69 Å². The van der Waals surface area contributed by atoms with Gasteiger partial charge in [0.25, 0.3) is 5.91 Å². The molecule has 1 heterocycles. The second-order valence-electron chi connectivity index (χ2n) is 5.67. The van der Waals surface area contributed by atoms with Crippen molar-refractivity contribution in [3.63, 3.8) is 0 Å². The Bertz CT molecular complexity index is 704. The number of anilines is 1. The second-order valence-corrected chi connectivity index (χ2v) is 6.59. The lowest BCUT2D eigenvalue weighted by atomic mass is 9.85. The van der Waals surface area contributed by atoms with Crippen molar-refractivity contribution in [2.24, 2.45) is 0 Å². The second kappa shape index (κ2) is 6.93. The van der Waals surface area contributed by atoms with Crippen molar-refractivity contribution in [3.8, 4) is 0 Å². The Balaban J connectivity index is 2.13. The molecule has 1 aromatic carbocycles. The summed E-state index contributed by atoms with van der Waals surface area (Å²) in [4.78, 5) is 24.2. The van der Waals surface area contributed by atoms with Crippen LogP contribution in [0.1, 0.15) is 34.6 Å². The maximum atomic E-state index is 12.3. The van der Waals surface area contributed by atoms with Crippen LogP contribution in [-0.4, -0.2) is 24.1 Å². The fourth-order valence-electron chi connectivity index (χ4n) is 2.09. The zero-order chi connectivity index (χ0) is 17.0. The Morgan fingerprint density at radius 1 is 1.22 bits per heavy atom. The van der Waals surface area contributed by atoms with Crippen LogP contribution >= 0.6 is 11.3 Å². The smallest absolute Gasteiger partial charge is 0.313 e. The minimum Gasteiger partial charge on any atom is -0.481 e. The van der Waals surface area contributed by atoms with Gasteiger partial charge in [-0.15, -0.1) is 11.3 Å². The number of benzene rings is 1. The Hall–Kier alpha value is -2.18. The summed E-state index contributed by atoms with van der Waals surface area (Å²) in [6, 6.07) is 8.72. The zero-order valence-corrected chi connectivity index (χ0v) is 14.1. The highest BCUT2D eigenvalue weighted by Crippen LogP contribution is 2.25. The van der Waals surface area contributed by atoms with Crippen molar-refractivity contribution in [1.82, 2.24) is 0 Å². The summed E-state index contributed by atoms with van der Waals surface area (Å²) >= 11 is 1.36. The number of aliphatic carboxylic acids is 1. The van der Waals surface area contributed by atoms with E-state index in [2.05, 4.69) is 5.32 Å². The van der Waals surface area contributed by atoms with Crippen LogP contribution in [0, 0.1) is 0 Å². The first kappa shape index (κ1) is 17.2. The molecule has 122 valence electrons. The summed E-state index contributed by atoms with van der Waals surface area (Å²) < 4.78 is 5.07. The summed E-state index contributed by atoms with van der Waals surface area (Å²) in [5.41, 5.74) is 1.18. The molecule has 0 spiro atoms. The molecule has 0 unspecified atom stereocenters. The summed E-state index contributed by atoms with van der Waals surface area (Å²) in [6.45, 7) is 3.68. The maximum absolute atomic E-state index is 12.3. The molecule has 2 aromatic rings. The topological polar surface area (TPSA) is 75.6 Å². The average Bonchev–Trinajstić information content (AvgIpc) is 2.96. The van der Waals surface area contributed by atoms with Gasteiger partial charge >= 0.3 is 5.97 Å². The van der Waals surface area contributed by atoms with E-state index in [1.807, 2.05) is 11.4 Å². The summed E-state index contributed by atoms with van der Waals surface area (Å²) in [5, 5.41) is 13.9. The Labute approximate surface area is 138 Å². The quantitative estimate of drug-likeness (QED) is 0.848. The Morgan fingerprint density at radius 2 is 1.87 bits per heavy atom. The Kier molecular flexibility index (Phi) is 5.18. The van der Waals surface area contributed by atoms with Crippen molar-refractivity contribution >= 4 is 28.9 Å². The number of hydrogen-bond donors (Lipinski definition) is 2. The number of thiophene rings is 1. The normalized spacial score (nSPS) is 11.3. The van der Waals surface area contributed by atoms with Gasteiger partial charge < -0.3 is 15.2 Å². The molecular weight excluding hydrogens is 314 g/mol. The monoisotopic (exact) mass is 333 g/mol. The molecule has 5 nitrogen and oxygen atoms in total. The fraction of sp³-hybridized carbons (Fsp3) is 0.294. The largest absolute Gasteiger partial charge is 0.481 e. The van der Waals surface area contributed by atoms with E-state index >= 15 is 0 Å². The third-order valence-corrected chi connectivity index (χ3v) is 4.61. The highest BCUT2D eigenvalue weighted by atomic mass is 32.1. The molecule has 0 saturated carbocycles. The van der Waals surface area contributed by atoms with E-state index in [1.165, 1.54) is 11.3 Å². The molecule has 0 radical (unpaired) electrons. The van der Waals surface area contributed by atoms with Crippen LogP contribution in [0.2, 0.25) is 0 Å². The number of carbonyl (C=O) groups is 2. The first-order valence-corrected chi connectivity index (χ1v) is 7.95. The van der Waals surface area contributed by atoms with Gasteiger partial charge in [-0.25, -0.2) is 0 Å². The van der Waals surface area contributed by atoms with Gasteiger partial charge in [-0.05, 0) is 43.0 Å². The molecule has 0 aliphatic heterocycles. The number of amides is 1. The fourth-order valence-corrected chi connectivity index (χ4v) is 2.89. The number of carbonyl (C=O) groups excluding carboxylic acids is 1. The lowest BCUT2D eigenvalue weighted by molar-refractivity contribution is -0.142. The minimum absolute atomic E-state index is 0.197. The molecule has 0 bridgehead atoms. The van der Waals surface area contributed by atoms with Crippen molar-refractivity contribution in [1.29, 1.82) is 0 Å². The molecule has 0 atom stereocenters. The number of methoxy groups -OCH3 is 1. The van der Waals surface area contributed by atoms with E-state index in [1.54, 1.807) is 45.2 Å². The van der Waals surface area contributed by atoms with Gasteiger partial charge in [-0.2, -0.15) is 0 Å². The van der Waals surface area contributed by atoms with Gasteiger partial charge in [-0.3, -0.25) is 9.59 Å². The third-order valence-electron chi connectivity index (χ3n) is 3.65. The number of rotatable bonds is 6. The predicted octanol–water partition coefficient (Wildman–Crippen LogP) is 3.51. The summed E-state index contributed by atoms with van der Waals surface area (Å²) in [5.74, 6) is -1.09. The van der Waals surface area contributed by atoms with Gasteiger partial charge in [0.1, 0.15) is 0 Å². The molecule has 0 fully saturated rings. The van der Waals surface area contributed by atoms with E-state index < -0.39 is 11.4 Å². The van der Waals surface area contributed by atoms with E-state index in [0.717, 1.165) is 5.56 Å². The lowest BCUT2D eigenvalue weighted by Crippen LogP contribution is -2.28. The van der Waals surface area contributed by atoms with Gasteiger partial charge in [0, 0.05) is 18.4 Å². The van der Waals surface area contributed by atoms with Crippen molar-refractivity contribution in [3.05, 3.63) is 51.7 Å². The molecule has 2 N–H and O–H groups in total. The van der Waals surface area contributed by atoms with E-state index in [4.69, 9.17) is 4.74 Å². The van der Waals surface area contributed by atoms with Gasteiger partial charge in [-0.1, -0.05) is 12.1 Å². The molecule has 2 rings (SSSR count). The molecule has 0 aliphatic rings. The van der Waals surface area contributed by atoms with E-state index in [0.29, 0.717) is 22.7 Å². The van der Waals surface area contributed by atoms with Crippen LogP contribution in [0.15, 0.2) is 35.7 Å². The van der Waals surface area contributed by atoms with Gasteiger partial charge in [0.15, 0.2) is 0 Å². The summed E-state index contributed by atoms with van der Waals surface area (Å²) in [7, 11) is 1.59. The first-order valence-electron chi connectivity index (χ1n) is 7.07.